The summed E-state index contributed by atoms with van der Waals surface area (Å²) in [5.41, 5.74) is 0.757. The highest BCUT2D eigenvalue weighted by Crippen LogP contribution is 2.30. The van der Waals surface area contributed by atoms with Gasteiger partial charge >= 0.3 is 0 Å². The van der Waals surface area contributed by atoms with Gasteiger partial charge in [-0.25, -0.2) is 4.31 Å². The molecule has 16 nitrogen and oxygen atoms in total. The topological polar surface area (TPSA) is 204 Å². The van der Waals surface area contributed by atoms with E-state index >= 15 is 0 Å². The maximum absolute atomic E-state index is 14.3. The molecule has 1 saturated heterocycles. The summed E-state index contributed by atoms with van der Waals surface area (Å²) >= 11 is 4.38. The molecule has 5 amide bonds. The molecule has 59 heavy (non-hydrogen) atoms. The summed E-state index contributed by atoms with van der Waals surface area (Å²) in [5, 5.41) is 8.25. The van der Waals surface area contributed by atoms with E-state index in [1.165, 1.54) is 18.5 Å². The van der Waals surface area contributed by atoms with Gasteiger partial charge in [0.05, 0.1) is 42.4 Å². The molecule has 0 bridgehead atoms. The largest absolute Gasteiger partial charge is 0.379 e. The Morgan fingerprint density at radius 3 is 2.07 bits per heavy atom. The van der Waals surface area contributed by atoms with E-state index in [2.05, 4.69) is 28.8 Å². The number of benzene rings is 1. The van der Waals surface area contributed by atoms with Crippen molar-refractivity contribution >= 4 is 52.5 Å². The smallest absolute Gasteiger partial charge is 0.266 e. The first-order valence-corrected chi connectivity index (χ1v) is 22.5. The number of likely N-dealkylation sites (tertiary alicyclic amines) is 1. The van der Waals surface area contributed by atoms with E-state index in [1.807, 2.05) is 47.6 Å². The molecular formula is C41H70N6O10S2. The second-order valence-electron chi connectivity index (χ2n) is 16.4. The Hall–Kier alpha value is -3.29. The van der Waals surface area contributed by atoms with Gasteiger partial charge in [-0.2, -0.15) is 8.42 Å². The molecule has 336 valence electrons. The van der Waals surface area contributed by atoms with Gasteiger partial charge < -0.3 is 35.2 Å². The van der Waals surface area contributed by atoms with Crippen LogP contribution in [0.4, 0.5) is 0 Å². The summed E-state index contributed by atoms with van der Waals surface area (Å²) in [6, 6.07) is 5.52. The Kier molecular flexibility index (Phi) is 21.3. The highest BCUT2D eigenvalue weighted by atomic mass is 32.2. The van der Waals surface area contributed by atoms with Crippen molar-refractivity contribution in [1.82, 2.24) is 30.1 Å². The van der Waals surface area contributed by atoms with Crippen molar-refractivity contribution in [2.75, 3.05) is 47.2 Å². The molecule has 0 saturated carbocycles. The minimum absolute atomic E-state index is 0.0574. The summed E-state index contributed by atoms with van der Waals surface area (Å²) in [6.45, 7) is 13.3. The number of likely N-dealkylation sites (N-methyl/N-ethyl adjacent to an activating group) is 2. The van der Waals surface area contributed by atoms with Gasteiger partial charge in [-0.3, -0.25) is 28.5 Å². The van der Waals surface area contributed by atoms with Gasteiger partial charge in [0.25, 0.3) is 10.1 Å². The van der Waals surface area contributed by atoms with Crippen molar-refractivity contribution in [2.24, 2.45) is 23.7 Å². The summed E-state index contributed by atoms with van der Waals surface area (Å²) < 4.78 is 45.1. The van der Waals surface area contributed by atoms with Crippen LogP contribution in [-0.2, 0) is 50.0 Å². The lowest BCUT2D eigenvalue weighted by Gasteiger charge is -2.41. The summed E-state index contributed by atoms with van der Waals surface area (Å²) in [4.78, 5) is 72.3. The van der Waals surface area contributed by atoms with Crippen LogP contribution in [0.2, 0.25) is 0 Å². The number of hydrogen-bond acceptors (Lipinski definition) is 11. The minimum Gasteiger partial charge on any atom is -0.379 e. The molecule has 0 spiro atoms. The molecular weight excluding hydrogens is 801 g/mol. The van der Waals surface area contributed by atoms with Crippen LogP contribution in [0.1, 0.15) is 79.7 Å². The lowest BCUT2D eigenvalue weighted by molar-refractivity contribution is -0.148. The van der Waals surface area contributed by atoms with Gasteiger partial charge in [-0.05, 0) is 43.2 Å². The zero-order valence-electron chi connectivity index (χ0n) is 36.7. The number of amides is 5. The van der Waals surface area contributed by atoms with E-state index in [0.717, 1.165) is 5.56 Å². The Morgan fingerprint density at radius 1 is 0.932 bits per heavy atom. The maximum atomic E-state index is 14.3. The van der Waals surface area contributed by atoms with Crippen LogP contribution in [0, 0.1) is 23.7 Å². The number of nitrogens with one attached hydrogen (secondary N) is 3. The lowest BCUT2D eigenvalue weighted by Crippen LogP contribution is -2.59. The van der Waals surface area contributed by atoms with Gasteiger partial charge in [0.2, 0.25) is 29.5 Å². The van der Waals surface area contributed by atoms with E-state index < -0.39 is 76.0 Å². The zero-order valence-corrected chi connectivity index (χ0v) is 38.4. The molecule has 0 radical (unpaired) electrons. The van der Waals surface area contributed by atoms with Crippen LogP contribution in [0.25, 0.3) is 0 Å². The SMILES string of the molecule is CC[C@H](C)[C@@H]([C@@H](CC(=O)N1CCC[C@H]1[C@H](OC)[C@@H](C)C(=O)N[C@@H](Cc1ccccc1)C(=O)NCCS(=O)(=O)O)OC)N(C)C(=O)[C@@H](NC(=O)[C@H](C(C)C)N(C)S)C(C)C. The van der Waals surface area contributed by atoms with Gasteiger partial charge in [0.1, 0.15) is 18.1 Å². The molecule has 1 heterocycles. The van der Waals surface area contributed by atoms with Crippen molar-refractivity contribution in [1.29, 1.82) is 0 Å². The lowest BCUT2D eigenvalue weighted by atomic mass is 9.89. The van der Waals surface area contributed by atoms with Crippen LogP contribution >= 0.6 is 12.8 Å². The van der Waals surface area contributed by atoms with E-state index in [0.29, 0.717) is 25.8 Å². The molecule has 18 heteroatoms. The van der Waals surface area contributed by atoms with Crippen LogP contribution in [0.15, 0.2) is 30.3 Å². The number of thiol groups is 1. The number of carbonyl (C=O) groups excluding carboxylic acids is 5. The molecule has 4 N–H and O–H groups in total. The van der Waals surface area contributed by atoms with Crippen molar-refractivity contribution in [3.8, 4) is 0 Å². The first-order valence-electron chi connectivity index (χ1n) is 20.5. The maximum Gasteiger partial charge on any atom is 0.266 e. The molecule has 9 atom stereocenters. The van der Waals surface area contributed by atoms with Gasteiger partial charge in [-0.1, -0.05) is 98.0 Å². The molecule has 0 unspecified atom stereocenters. The number of ether oxygens (including phenoxy) is 2. The third kappa shape index (κ3) is 15.3. The van der Waals surface area contributed by atoms with E-state index in [4.69, 9.17) is 14.0 Å². The van der Waals surface area contributed by atoms with E-state index in [9.17, 15) is 32.4 Å². The van der Waals surface area contributed by atoms with Crippen molar-refractivity contribution in [2.45, 2.75) is 123 Å². The van der Waals surface area contributed by atoms with Crippen molar-refractivity contribution < 1.29 is 46.4 Å². The Labute approximate surface area is 357 Å². The number of rotatable bonds is 24. The summed E-state index contributed by atoms with van der Waals surface area (Å²) in [5.74, 6) is -3.85. The predicted molar refractivity (Wildman–Crippen MR) is 230 cm³/mol. The third-order valence-electron chi connectivity index (χ3n) is 11.4. The predicted octanol–water partition coefficient (Wildman–Crippen LogP) is 2.58. The highest BCUT2D eigenvalue weighted by Gasteiger charge is 2.43. The fourth-order valence-electron chi connectivity index (χ4n) is 7.97. The number of methoxy groups -OCH3 is 2. The average Bonchev–Trinajstić information content (AvgIpc) is 3.65. The Balaban J connectivity index is 2.31. The Morgan fingerprint density at radius 2 is 1.56 bits per heavy atom. The third-order valence-corrected chi connectivity index (χ3v) is 12.3. The first kappa shape index (κ1) is 51.8. The van der Waals surface area contributed by atoms with Crippen LogP contribution in [-0.4, -0.2) is 146 Å². The molecule has 2 rings (SSSR count). The Bertz CT molecular complexity index is 1620. The van der Waals surface area contributed by atoms with Gasteiger partial charge in [0, 0.05) is 40.8 Å². The number of carbonyl (C=O) groups is 5. The zero-order chi connectivity index (χ0) is 44.8. The standard InChI is InChI=1S/C41H70N6O10S2/c1-12-27(6)36(45(8)41(52)34(25(2)3)44-40(51)35(26(4)5)46(9)58)32(56-10)24-33(48)47-21-16-19-31(47)37(57-11)28(7)38(49)43-30(23-29-17-14-13-15-18-29)39(50)42-20-22-59(53,54)55/h13-15,17-18,25-28,30-32,34-37,58H,12,16,19-24H2,1-11H3,(H,42,50)(H,43,49)(H,44,51)(H,53,54,55)/t27-,28+,30-,31-,32+,34-,35-,36-,37+/m0/s1. The van der Waals surface area contributed by atoms with Gasteiger partial charge in [0.15, 0.2) is 0 Å². The van der Waals surface area contributed by atoms with E-state index in [1.54, 1.807) is 55.1 Å². The molecule has 1 aromatic rings. The second kappa shape index (κ2) is 24.2. The molecule has 1 aliphatic rings. The van der Waals surface area contributed by atoms with Gasteiger partial charge in [-0.15, -0.1) is 0 Å². The fourth-order valence-corrected chi connectivity index (χ4v) is 8.70. The van der Waals surface area contributed by atoms with Crippen LogP contribution < -0.4 is 16.0 Å². The molecule has 1 aliphatic heterocycles. The number of hydrogen-bond donors (Lipinski definition) is 5. The molecule has 0 aliphatic carbocycles. The molecule has 1 fully saturated rings. The average molecular weight is 871 g/mol. The second-order valence-corrected chi connectivity index (χ2v) is 18.6. The quantitative estimate of drug-likeness (QED) is 0.0755. The summed E-state index contributed by atoms with van der Waals surface area (Å²) in [7, 11) is 2.05. The molecule has 0 aromatic heterocycles. The van der Waals surface area contributed by atoms with Crippen molar-refractivity contribution in [3.63, 3.8) is 0 Å². The van der Waals surface area contributed by atoms with Crippen LogP contribution in [0.5, 0.6) is 0 Å². The van der Waals surface area contributed by atoms with Crippen molar-refractivity contribution in [3.05, 3.63) is 35.9 Å². The number of nitrogens with zero attached hydrogens (tertiary/aromatic N) is 3. The van der Waals surface area contributed by atoms with E-state index in [-0.39, 0.29) is 54.9 Å². The highest BCUT2D eigenvalue weighted by molar-refractivity contribution is 7.85. The van der Waals surface area contributed by atoms with Crippen LogP contribution in [0.3, 0.4) is 0 Å². The first-order chi connectivity index (χ1) is 27.6. The summed E-state index contributed by atoms with van der Waals surface area (Å²) in [6.07, 6.45) is 0.510. The fraction of sp³-hybridized carbons (Fsp3) is 0.732. The normalized spacial score (nSPS) is 18.7. The minimum atomic E-state index is -4.32. The molecule has 1 aromatic carbocycles. The monoisotopic (exact) mass is 870 g/mol.